The van der Waals surface area contributed by atoms with Gasteiger partial charge in [-0.05, 0) is 31.9 Å². The predicted molar refractivity (Wildman–Crippen MR) is 145 cm³/mol. The van der Waals surface area contributed by atoms with Gasteiger partial charge in [-0.15, -0.1) is 0 Å². The second-order valence-corrected chi connectivity index (χ2v) is 11.3. The van der Waals surface area contributed by atoms with Gasteiger partial charge in [0, 0.05) is 32.3 Å². The number of nitrogens with one attached hydrogen (secondary N) is 3. The summed E-state index contributed by atoms with van der Waals surface area (Å²) in [5.41, 5.74) is 5.03. The first-order chi connectivity index (χ1) is 19.5. The minimum atomic E-state index is -4.59. The molecule has 2 aliphatic rings. The van der Waals surface area contributed by atoms with Crippen molar-refractivity contribution in [2.75, 3.05) is 39.4 Å². The molecule has 226 valence electrons. The number of carbonyl (C=O) groups is 4. The number of carboxylic acids is 1. The molecule has 1 aliphatic heterocycles. The van der Waals surface area contributed by atoms with Gasteiger partial charge in [0.15, 0.2) is 12.2 Å². The van der Waals surface area contributed by atoms with Crippen LogP contribution in [0.5, 0.6) is 0 Å². The van der Waals surface area contributed by atoms with Gasteiger partial charge in [0.1, 0.15) is 12.1 Å². The number of hydrogen-bond acceptors (Lipinski definition) is 9. The van der Waals surface area contributed by atoms with Gasteiger partial charge in [-0.2, -0.15) is 4.72 Å². The van der Waals surface area contributed by atoms with Crippen molar-refractivity contribution in [2.24, 2.45) is 5.73 Å². The molecule has 1 saturated carbocycles. The van der Waals surface area contributed by atoms with Gasteiger partial charge in [-0.1, -0.05) is 12.1 Å². The monoisotopic (exact) mass is 596 g/mol. The first-order valence-electron chi connectivity index (χ1n) is 13.2. The van der Waals surface area contributed by atoms with Crippen LogP contribution in [0.15, 0.2) is 29.2 Å². The van der Waals surface area contributed by atoms with E-state index in [-0.39, 0.29) is 44.8 Å². The molecule has 41 heavy (non-hydrogen) atoms. The summed E-state index contributed by atoms with van der Waals surface area (Å²) in [7, 11) is -4.59. The van der Waals surface area contributed by atoms with Gasteiger partial charge in [-0.25, -0.2) is 13.2 Å². The van der Waals surface area contributed by atoms with Crippen molar-refractivity contribution < 1.29 is 42.2 Å². The van der Waals surface area contributed by atoms with E-state index in [0.29, 0.717) is 25.7 Å². The Kier molecular flexibility index (Phi) is 11.2. The molecule has 2 fully saturated rings. The molecular formula is C25H36N6O9S. The molecule has 0 bridgehead atoms. The summed E-state index contributed by atoms with van der Waals surface area (Å²) in [6.45, 7) is 2.76. The van der Waals surface area contributed by atoms with Crippen molar-refractivity contribution in [1.29, 1.82) is 5.41 Å². The van der Waals surface area contributed by atoms with Gasteiger partial charge in [0.05, 0.1) is 36.1 Å². The number of rotatable bonds is 15. The number of nitrogens with two attached hydrogens (primary N) is 1. The minimum absolute atomic E-state index is 0.0159. The smallest absolute Gasteiger partial charge is 0.337 e. The Morgan fingerprint density at radius 1 is 1.32 bits per heavy atom. The van der Waals surface area contributed by atoms with Gasteiger partial charge in [-0.3, -0.25) is 15.0 Å². The number of benzene rings is 1. The van der Waals surface area contributed by atoms with Gasteiger partial charge in [0.25, 0.3) is 0 Å². The second kappa shape index (κ2) is 14.3. The SMILES string of the molecule is CCOC(C=O)CN(C(=O)[C@H](CC(=O)NCC1CN(C(=N)N)CCO1)NS(=O)(=O)c1ccccc1C(=O)O)C1CC1. The molecule has 1 aliphatic carbocycles. The van der Waals surface area contributed by atoms with Crippen LogP contribution in [0.3, 0.4) is 0 Å². The number of carbonyl (C=O) groups excluding carboxylic acids is 3. The lowest BCUT2D eigenvalue weighted by Crippen LogP contribution is -2.54. The van der Waals surface area contributed by atoms with E-state index in [0.717, 1.165) is 12.1 Å². The van der Waals surface area contributed by atoms with E-state index in [9.17, 15) is 32.7 Å². The zero-order valence-corrected chi connectivity index (χ0v) is 23.5. The van der Waals surface area contributed by atoms with E-state index in [2.05, 4.69) is 10.0 Å². The van der Waals surface area contributed by atoms with Crippen molar-refractivity contribution in [3.8, 4) is 0 Å². The van der Waals surface area contributed by atoms with Crippen LogP contribution in [0.1, 0.15) is 36.5 Å². The van der Waals surface area contributed by atoms with E-state index in [4.69, 9.17) is 20.6 Å². The molecule has 0 aromatic heterocycles. The maximum atomic E-state index is 13.7. The predicted octanol–water partition coefficient (Wildman–Crippen LogP) is -1.27. The van der Waals surface area contributed by atoms with Crippen LogP contribution in [-0.4, -0.2) is 117 Å². The van der Waals surface area contributed by atoms with E-state index in [1.807, 2.05) is 0 Å². The number of carboxylic acid groups (broad SMARTS) is 1. The number of sulfonamides is 1. The number of guanidine groups is 1. The summed E-state index contributed by atoms with van der Waals surface area (Å²) in [4.78, 5) is 52.2. The van der Waals surface area contributed by atoms with E-state index in [1.165, 1.54) is 17.0 Å². The van der Waals surface area contributed by atoms with Crippen LogP contribution in [0, 0.1) is 5.41 Å². The maximum absolute atomic E-state index is 13.7. The highest BCUT2D eigenvalue weighted by molar-refractivity contribution is 7.89. The lowest BCUT2D eigenvalue weighted by molar-refractivity contribution is -0.139. The number of aromatic carboxylic acids is 1. The van der Waals surface area contributed by atoms with Crippen LogP contribution < -0.4 is 15.8 Å². The first-order valence-corrected chi connectivity index (χ1v) is 14.6. The summed E-state index contributed by atoms with van der Waals surface area (Å²) >= 11 is 0. The summed E-state index contributed by atoms with van der Waals surface area (Å²) < 4.78 is 39.9. The molecular weight excluding hydrogens is 560 g/mol. The Labute approximate surface area is 237 Å². The number of nitrogens with zero attached hydrogens (tertiary/aromatic N) is 2. The first kappa shape index (κ1) is 31.9. The number of aldehydes is 1. The molecule has 15 nitrogen and oxygen atoms in total. The molecule has 1 aromatic rings. The van der Waals surface area contributed by atoms with E-state index >= 15 is 0 Å². The number of amides is 2. The van der Waals surface area contributed by atoms with Crippen molar-refractivity contribution in [3.63, 3.8) is 0 Å². The van der Waals surface area contributed by atoms with E-state index < -0.39 is 62.9 Å². The Morgan fingerprint density at radius 2 is 2.02 bits per heavy atom. The fourth-order valence-electron chi connectivity index (χ4n) is 4.40. The van der Waals surface area contributed by atoms with Gasteiger partial charge < -0.3 is 40.2 Å². The standard InChI is InChI=1S/C25H36N6O9S/c1-2-39-18(15-32)14-31(16-7-8-16)23(34)20(29-41(37,38)21-6-4-3-5-19(21)24(35)36)11-22(33)28-12-17-13-30(25(26)27)9-10-40-17/h3-6,15-18,20,29H,2,7-14H2,1H3,(H3,26,27)(H,28,33)(H,35,36)/t17?,18?,20-/m0/s1. The molecule has 3 atom stereocenters. The average Bonchev–Trinajstić information content (AvgIpc) is 3.79. The van der Waals surface area contributed by atoms with Crippen LogP contribution in [0.4, 0.5) is 0 Å². The van der Waals surface area contributed by atoms with Crippen LogP contribution in [-0.2, 0) is 33.9 Å². The molecule has 6 N–H and O–H groups in total. The molecule has 0 spiro atoms. The molecule has 1 heterocycles. The van der Waals surface area contributed by atoms with Crippen molar-refractivity contribution in [2.45, 2.75) is 55.4 Å². The molecule has 1 saturated heterocycles. The van der Waals surface area contributed by atoms with E-state index in [1.54, 1.807) is 11.8 Å². The largest absolute Gasteiger partial charge is 0.478 e. The summed E-state index contributed by atoms with van der Waals surface area (Å²) in [5.74, 6) is -3.04. The van der Waals surface area contributed by atoms with Crippen LogP contribution in [0.25, 0.3) is 0 Å². The minimum Gasteiger partial charge on any atom is -0.478 e. The summed E-state index contributed by atoms with van der Waals surface area (Å²) in [6, 6.07) is 3.03. The topological polar surface area (TPSA) is 222 Å². The maximum Gasteiger partial charge on any atom is 0.337 e. The highest BCUT2D eigenvalue weighted by Gasteiger charge is 2.40. The van der Waals surface area contributed by atoms with Crippen LogP contribution in [0.2, 0.25) is 0 Å². The fourth-order valence-corrected chi connectivity index (χ4v) is 5.79. The highest BCUT2D eigenvalue weighted by Crippen LogP contribution is 2.28. The lowest BCUT2D eigenvalue weighted by Gasteiger charge is -2.33. The summed E-state index contributed by atoms with van der Waals surface area (Å²) in [6.07, 6.45) is -0.246. The van der Waals surface area contributed by atoms with Crippen LogP contribution >= 0.6 is 0 Å². The number of hydrogen-bond donors (Lipinski definition) is 5. The Hall–Kier alpha value is -3.60. The van der Waals surface area contributed by atoms with Gasteiger partial charge >= 0.3 is 5.97 Å². The Morgan fingerprint density at radius 3 is 2.63 bits per heavy atom. The fraction of sp³-hybridized carbons (Fsp3) is 0.560. The average molecular weight is 597 g/mol. The van der Waals surface area contributed by atoms with Gasteiger partial charge in [0.2, 0.25) is 21.8 Å². The Balaban J connectivity index is 1.82. The number of ether oxygens (including phenoxy) is 2. The molecule has 2 amide bonds. The highest BCUT2D eigenvalue weighted by atomic mass is 32.2. The van der Waals surface area contributed by atoms with Crippen molar-refractivity contribution in [1.82, 2.24) is 19.8 Å². The quantitative estimate of drug-likeness (QED) is 0.0912. The molecule has 3 rings (SSSR count). The third kappa shape index (κ3) is 8.94. The molecule has 1 aromatic carbocycles. The van der Waals surface area contributed by atoms with Crippen molar-refractivity contribution in [3.05, 3.63) is 29.8 Å². The zero-order chi connectivity index (χ0) is 30.2. The van der Waals surface area contributed by atoms with Crippen molar-refractivity contribution >= 4 is 40.1 Å². The summed E-state index contributed by atoms with van der Waals surface area (Å²) in [5, 5.41) is 19.7. The molecule has 16 heteroatoms. The third-order valence-corrected chi connectivity index (χ3v) is 8.11. The normalized spacial score (nSPS) is 18.7. The second-order valence-electron chi connectivity index (χ2n) is 9.66. The molecule has 0 radical (unpaired) electrons. The Bertz CT molecular complexity index is 1240. The molecule has 2 unspecified atom stereocenters. The zero-order valence-electron chi connectivity index (χ0n) is 22.7. The third-order valence-electron chi connectivity index (χ3n) is 6.58. The lowest BCUT2D eigenvalue weighted by atomic mass is 10.1. The number of morpholine rings is 1.